The summed E-state index contributed by atoms with van der Waals surface area (Å²) in [6, 6.07) is 8.15. The molecule has 1 fully saturated rings. The van der Waals surface area contributed by atoms with Gasteiger partial charge < -0.3 is 4.74 Å². The zero-order valence-corrected chi connectivity index (χ0v) is 14.4. The fourth-order valence-corrected chi connectivity index (χ4v) is 2.87. The van der Waals surface area contributed by atoms with Crippen molar-refractivity contribution in [3.05, 3.63) is 48.5 Å². The molecule has 0 spiro atoms. The molecule has 5 heteroatoms. The number of para-hydroxylation sites is 1. The van der Waals surface area contributed by atoms with Crippen LogP contribution in [-0.4, -0.2) is 40.1 Å². The number of hydrazone groups is 1. The van der Waals surface area contributed by atoms with Gasteiger partial charge in [0.2, 0.25) is 0 Å². The van der Waals surface area contributed by atoms with Crippen molar-refractivity contribution in [2.45, 2.75) is 39.0 Å². The lowest BCUT2D eigenvalue weighted by Gasteiger charge is -2.17. The molecule has 1 saturated heterocycles. The van der Waals surface area contributed by atoms with Crippen LogP contribution in [0.3, 0.4) is 0 Å². The van der Waals surface area contributed by atoms with E-state index in [4.69, 9.17) is 9.84 Å². The van der Waals surface area contributed by atoms with E-state index in [9.17, 15) is 0 Å². The van der Waals surface area contributed by atoms with Gasteiger partial charge in [0.1, 0.15) is 12.1 Å². The van der Waals surface area contributed by atoms with E-state index in [-0.39, 0.29) is 0 Å². The Kier molecular flexibility index (Phi) is 5.88. The molecule has 1 aliphatic rings. The first kappa shape index (κ1) is 16.6. The molecule has 0 amide bonds. The Balaban J connectivity index is 1.87. The predicted octanol–water partition coefficient (Wildman–Crippen LogP) is 3.76. The highest BCUT2D eigenvalue weighted by molar-refractivity contribution is 6.02. The highest BCUT2D eigenvalue weighted by Gasteiger charge is 2.16. The van der Waals surface area contributed by atoms with Crippen molar-refractivity contribution in [2.75, 3.05) is 19.7 Å². The van der Waals surface area contributed by atoms with E-state index in [0.29, 0.717) is 0 Å². The number of hydrogen-bond donors (Lipinski definition) is 0. The third-order valence-corrected chi connectivity index (χ3v) is 4.20. The molecule has 0 atom stereocenters. The highest BCUT2D eigenvalue weighted by atomic mass is 16.5. The lowest BCUT2D eigenvalue weighted by atomic mass is 10.1. The molecule has 2 heterocycles. The van der Waals surface area contributed by atoms with Crippen molar-refractivity contribution in [2.24, 2.45) is 5.10 Å². The van der Waals surface area contributed by atoms with Crippen LogP contribution >= 0.6 is 0 Å². The van der Waals surface area contributed by atoms with E-state index >= 15 is 0 Å². The number of hydrogen-bond acceptors (Lipinski definition) is 4. The number of imidazole rings is 1. The van der Waals surface area contributed by atoms with E-state index in [2.05, 4.69) is 23.0 Å². The van der Waals surface area contributed by atoms with Crippen LogP contribution in [0.5, 0.6) is 5.75 Å². The number of rotatable bonds is 7. The minimum Gasteiger partial charge on any atom is -0.493 e. The Labute approximate surface area is 144 Å². The van der Waals surface area contributed by atoms with Crippen LogP contribution in [0.25, 0.3) is 0 Å². The molecule has 0 saturated carbocycles. The molecule has 3 rings (SSSR count). The minimum atomic E-state index is 0.742. The molecule has 2 aromatic rings. The van der Waals surface area contributed by atoms with Gasteiger partial charge in [-0.2, -0.15) is 5.10 Å². The molecule has 0 N–H and O–H groups in total. The molecular weight excluding hydrogens is 300 g/mol. The molecule has 0 radical (unpaired) electrons. The fraction of sp³-hybridized carbons (Fsp3) is 0.474. The van der Waals surface area contributed by atoms with Gasteiger partial charge in [0.15, 0.2) is 5.84 Å². The second kappa shape index (κ2) is 8.52. The van der Waals surface area contributed by atoms with Crippen molar-refractivity contribution in [1.82, 2.24) is 14.6 Å². The summed E-state index contributed by atoms with van der Waals surface area (Å²) in [5, 5.41) is 7.03. The maximum absolute atomic E-state index is 6.05. The molecule has 1 aromatic heterocycles. The predicted molar refractivity (Wildman–Crippen MR) is 96.4 cm³/mol. The second-order valence-corrected chi connectivity index (χ2v) is 6.11. The van der Waals surface area contributed by atoms with Gasteiger partial charge in [0.25, 0.3) is 0 Å². The monoisotopic (exact) mass is 326 g/mol. The molecule has 0 unspecified atom stereocenters. The van der Waals surface area contributed by atoms with Gasteiger partial charge in [-0.25, -0.2) is 4.98 Å². The van der Waals surface area contributed by atoms with E-state index < -0.39 is 0 Å². The Morgan fingerprint density at radius 1 is 1.21 bits per heavy atom. The maximum Gasteiger partial charge on any atom is 0.169 e. The summed E-state index contributed by atoms with van der Waals surface area (Å²) in [4.78, 5) is 4.18. The average molecular weight is 326 g/mol. The number of benzene rings is 1. The van der Waals surface area contributed by atoms with Gasteiger partial charge in [0.05, 0.1) is 12.2 Å². The van der Waals surface area contributed by atoms with Crippen LogP contribution in [0.2, 0.25) is 0 Å². The quantitative estimate of drug-likeness (QED) is 0.442. The molecule has 128 valence electrons. The van der Waals surface area contributed by atoms with Crippen molar-refractivity contribution in [1.29, 1.82) is 0 Å². The van der Waals surface area contributed by atoms with Crippen LogP contribution in [0.1, 0.15) is 44.6 Å². The summed E-state index contributed by atoms with van der Waals surface area (Å²) in [7, 11) is 0. The normalized spacial score (nSPS) is 15.0. The van der Waals surface area contributed by atoms with Crippen molar-refractivity contribution >= 4 is 5.84 Å². The number of unbranched alkanes of at least 4 members (excludes halogenated alkanes) is 2. The van der Waals surface area contributed by atoms with Gasteiger partial charge in [-0.1, -0.05) is 31.9 Å². The van der Waals surface area contributed by atoms with Crippen LogP contribution in [-0.2, 0) is 0 Å². The molecule has 5 nitrogen and oxygen atoms in total. The second-order valence-electron chi connectivity index (χ2n) is 6.11. The lowest BCUT2D eigenvalue weighted by Crippen LogP contribution is -2.21. The molecule has 0 bridgehead atoms. The van der Waals surface area contributed by atoms with Gasteiger partial charge >= 0.3 is 0 Å². The summed E-state index contributed by atoms with van der Waals surface area (Å²) >= 11 is 0. The standard InChI is InChI=1S/C19H26N4O/c1-2-3-8-15-24-18-10-5-4-9-17(18)19(22-14-11-20-16-22)21-23-12-6-7-13-23/h4-5,9-11,14,16H,2-3,6-8,12-13,15H2,1H3. The van der Waals surface area contributed by atoms with E-state index in [1.807, 2.05) is 29.0 Å². The molecule has 0 aliphatic carbocycles. The first-order chi connectivity index (χ1) is 11.9. The largest absolute Gasteiger partial charge is 0.493 e. The molecular formula is C19H26N4O. The van der Waals surface area contributed by atoms with Crippen LogP contribution < -0.4 is 4.74 Å². The van der Waals surface area contributed by atoms with Gasteiger partial charge in [-0.15, -0.1) is 0 Å². The number of ether oxygens (including phenoxy) is 1. The van der Waals surface area contributed by atoms with E-state index in [1.165, 1.54) is 25.7 Å². The van der Waals surface area contributed by atoms with Gasteiger partial charge in [-0.05, 0) is 31.4 Å². The van der Waals surface area contributed by atoms with E-state index in [1.54, 1.807) is 12.5 Å². The fourth-order valence-electron chi connectivity index (χ4n) is 2.87. The lowest BCUT2D eigenvalue weighted by molar-refractivity contribution is 0.305. The maximum atomic E-state index is 6.05. The SMILES string of the molecule is CCCCCOc1ccccc1C(=NN1CCCC1)n1ccnc1. The Morgan fingerprint density at radius 3 is 2.79 bits per heavy atom. The summed E-state index contributed by atoms with van der Waals surface area (Å²) in [6.45, 7) is 4.97. The number of aromatic nitrogens is 2. The third kappa shape index (κ3) is 4.16. The first-order valence-corrected chi connectivity index (χ1v) is 8.92. The average Bonchev–Trinajstić information content (AvgIpc) is 3.30. The third-order valence-electron chi connectivity index (χ3n) is 4.20. The molecule has 1 aliphatic heterocycles. The van der Waals surface area contributed by atoms with Crippen LogP contribution in [0.4, 0.5) is 0 Å². The summed E-state index contributed by atoms with van der Waals surface area (Å²) in [5.74, 6) is 1.76. The first-order valence-electron chi connectivity index (χ1n) is 8.92. The van der Waals surface area contributed by atoms with E-state index in [0.717, 1.165) is 43.3 Å². The number of nitrogens with zero attached hydrogens (tertiary/aromatic N) is 4. The highest BCUT2D eigenvalue weighted by Crippen LogP contribution is 2.21. The molecule has 24 heavy (non-hydrogen) atoms. The summed E-state index contributed by atoms with van der Waals surface area (Å²) < 4.78 is 8.01. The Hall–Kier alpha value is -2.30. The van der Waals surface area contributed by atoms with Crippen LogP contribution in [0, 0.1) is 0 Å². The topological polar surface area (TPSA) is 42.6 Å². The van der Waals surface area contributed by atoms with Crippen molar-refractivity contribution in [3.63, 3.8) is 0 Å². The van der Waals surface area contributed by atoms with Gasteiger partial charge in [0, 0.05) is 25.5 Å². The zero-order chi connectivity index (χ0) is 16.6. The minimum absolute atomic E-state index is 0.742. The smallest absolute Gasteiger partial charge is 0.169 e. The van der Waals surface area contributed by atoms with Crippen LogP contribution in [0.15, 0.2) is 48.1 Å². The van der Waals surface area contributed by atoms with Crippen molar-refractivity contribution < 1.29 is 4.74 Å². The Bertz CT molecular complexity index is 645. The summed E-state index contributed by atoms with van der Waals surface area (Å²) in [5.41, 5.74) is 1.01. The zero-order valence-electron chi connectivity index (χ0n) is 14.4. The van der Waals surface area contributed by atoms with Crippen molar-refractivity contribution in [3.8, 4) is 5.75 Å². The molecule has 1 aromatic carbocycles. The van der Waals surface area contributed by atoms with Gasteiger partial charge in [-0.3, -0.25) is 9.58 Å². The summed E-state index contributed by atoms with van der Waals surface area (Å²) in [6.07, 6.45) is 11.4. The Morgan fingerprint density at radius 2 is 2.04 bits per heavy atom.